The summed E-state index contributed by atoms with van der Waals surface area (Å²) in [6.45, 7) is 3.71. The molecule has 0 aliphatic heterocycles. The van der Waals surface area contributed by atoms with Gasteiger partial charge in [-0.05, 0) is 43.5 Å². The molecule has 0 radical (unpaired) electrons. The van der Waals surface area contributed by atoms with Gasteiger partial charge in [0.2, 0.25) is 0 Å². The van der Waals surface area contributed by atoms with Crippen molar-refractivity contribution in [3.05, 3.63) is 52.6 Å². The van der Waals surface area contributed by atoms with Crippen molar-refractivity contribution >= 4 is 0 Å². The number of aryl methyl sites for hydroxylation is 2. The van der Waals surface area contributed by atoms with Crippen LogP contribution in [0, 0.1) is 19.7 Å². The van der Waals surface area contributed by atoms with Crippen LogP contribution in [0.15, 0.2) is 24.3 Å². The topological polar surface area (TPSA) is 73.1 Å². The summed E-state index contributed by atoms with van der Waals surface area (Å²) in [5.74, 6) is 5.50. The van der Waals surface area contributed by atoms with Crippen molar-refractivity contribution in [3.8, 4) is 5.75 Å². The van der Waals surface area contributed by atoms with Crippen LogP contribution in [-0.4, -0.2) is 17.3 Å². The Kier molecular flexibility index (Phi) is 4.82. The van der Waals surface area contributed by atoms with Crippen molar-refractivity contribution in [3.63, 3.8) is 0 Å². The van der Waals surface area contributed by atoms with Crippen LogP contribution in [0.5, 0.6) is 5.75 Å². The lowest BCUT2D eigenvalue weighted by atomic mass is 9.98. The molecule has 0 saturated carbocycles. The smallest absolute Gasteiger partial charge is 0.168 e. The van der Waals surface area contributed by atoms with Gasteiger partial charge in [-0.3, -0.25) is 11.3 Å². The lowest BCUT2D eigenvalue weighted by Gasteiger charge is -2.19. The molecule has 1 aromatic heterocycles. The zero-order valence-electron chi connectivity index (χ0n) is 12.4. The molecule has 0 amide bonds. The van der Waals surface area contributed by atoms with E-state index in [1.165, 1.54) is 7.11 Å². The molecule has 1 unspecified atom stereocenters. The van der Waals surface area contributed by atoms with Crippen molar-refractivity contribution in [2.75, 3.05) is 7.11 Å². The monoisotopic (exact) mass is 290 g/mol. The van der Waals surface area contributed by atoms with Gasteiger partial charge in [-0.25, -0.2) is 4.39 Å². The standard InChI is InChI=1S/C15H19FN4O/c1-9-7-12(10(2)20-19-9)13(18-17)8-11-5-4-6-14(21-3)15(11)16/h4-7,13,18H,8,17H2,1-3H3. The van der Waals surface area contributed by atoms with E-state index in [0.717, 1.165) is 17.0 Å². The molecule has 0 fully saturated rings. The molecule has 1 aromatic carbocycles. The van der Waals surface area contributed by atoms with E-state index in [9.17, 15) is 4.39 Å². The Bertz CT molecular complexity index is 633. The summed E-state index contributed by atoms with van der Waals surface area (Å²) in [7, 11) is 1.45. The van der Waals surface area contributed by atoms with E-state index in [4.69, 9.17) is 10.6 Å². The van der Waals surface area contributed by atoms with Gasteiger partial charge in [-0.1, -0.05) is 12.1 Å². The summed E-state index contributed by atoms with van der Waals surface area (Å²) >= 11 is 0. The van der Waals surface area contributed by atoms with Gasteiger partial charge in [0.25, 0.3) is 0 Å². The molecule has 2 rings (SSSR count). The molecule has 21 heavy (non-hydrogen) atoms. The Morgan fingerprint density at radius 2 is 2.10 bits per heavy atom. The number of hydrazine groups is 1. The summed E-state index contributed by atoms with van der Waals surface area (Å²) in [5.41, 5.74) is 5.73. The average molecular weight is 290 g/mol. The molecule has 0 bridgehead atoms. The largest absolute Gasteiger partial charge is 0.494 e. The fraction of sp³-hybridized carbons (Fsp3) is 0.333. The van der Waals surface area contributed by atoms with Crippen LogP contribution in [0.3, 0.4) is 0 Å². The van der Waals surface area contributed by atoms with E-state index in [-0.39, 0.29) is 17.6 Å². The Balaban J connectivity index is 2.33. The van der Waals surface area contributed by atoms with Crippen molar-refractivity contribution in [1.82, 2.24) is 15.6 Å². The third-order valence-corrected chi connectivity index (χ3v) is 3.40. The number of rotatable bonds is 5. The Morgan fingerprint density at radius 3 is 2.76 bits per heavy atom. The molecule has 6 heteroatoms. The van der Waals surface area contributed by atoms with Gasteiger partial charge in [-0.15, -0.1) is 0 Å². The van der Waals surface area contributed by atoms with Crippen molar-refractivity contribution in [2.45, 2.75) is 26.3 Å². The maximum Gasteiger partial charge on any atom is 0.168 e. The molecule has 1 heterocycles. The highest BCUT2D eigenvalue weighted by Crippen LogP contribution is 2.25. The molecule has 0 aliphatic rings. The fourth-order valence-electron chi connectivity index (χ4n) is 2.27. The first-order chi connectivity index (χ1) is 10.1. The number of nitrogens with one attached hydrogen (secondary N) is 1. The molecule has 0 aliphatic carbocycles. The second kappa shape index (κ2) is 6.60. The van der Waals surface area contributed by atoms with E-state index < -0.39 is 0 Å². The van der Waals surface area contributed by atoms with Crippen LogP contribution in [0.2, 0.25) is 0 Å². The molecule has 0 saturated heterocycles. The first kappa shape index (κ1) is 15.3. The van der Waals surface area contributed by atoms with Crippen LogP contribution in [0.1, 0.15) is 28.6 Å². The van der Waals surface area contributed by atoms with Gasteiger partial charge in [-0.2, -0.15) is 10.2 Å². The predicted molar refractivity (Wildman–Crippen MR) is 78.2 cm³/mol. The molecule has 112 valence electrons. The number of aromatic nitrogens is 2. The fourth-order valence-corrected chi connectivity index (χ4v) is 2.27. The Morgan fingerprint density at radius 1 is 1.33 bits per heavy atom. The minimum Gasteiger partial charge on any atom is -0.494 e. The molecular weight excluding hydrogens is 271 g/mol. The number of methoxy groups -OCH3 is 1. The van der Waals surface area contributed by atoms with Gasteiger partial charge in [0.15, 0.2) is 11.6 Å². The van der Waals surface area contributed by atoms with E-state index in [1.807, 2.05) is 19.9 Å². The van der Waals surface area contributed by atoms with Crippen molar-refractivity contribution in [1.29, 1.82) is 0 Å². The van der Waals surface area contributed by atoms with Gasteiger partial charge in [0, 0.05) is 0 Å². The maximum atomic E-state index is 14.2. The van der Waals surface area contributed by atoms with E-state index in [2.05, 4.69) is 15.6 Å². The molecule has 2 aromatic rings. The molecule has 3 N–H and O–H groups in total. The molecule has 5 nitrogen and oxygen atoms in total. The predicted octanol–water partition coefficient (Wildman–Crippen LogP) is 1.99. The zero-order valence-corrected chi connectivity index (χ0v) is 12.4. The van der Waals surface area contributed by atoms with E-state index in [1.54, 1.807) is 18.2 Å². The van der Waals surface area contributed by atoms with E-state index in [0.29, 0.717) is 12.0 Å². The number of nitrogens with two attached hydrogens (primary N) is 1. The minimum absolute atomic E-state index is 0.226. The van der Waals surface area contributed by atoms with Crippen LogP contribution in [0.4, 0.5) is 4.39 Å². The third kappa shape index (κ3) is 3.34. The van der Waals surface area contributed by atoms with Crippen LogP contribution >= 0.6 is 0 Å². The highest BCUT2D eigenvalue weighted by molar-refractivity contribution is 5.33. The number of nitrogens with zero attached hydrogens (tertiary/aromatic N) is 2. The van der Waals surface area contributed by atoms with Gasteiger partial charge < -0.3 is 4.74 Å². The second-order valence-electron chi connectivity index (χ2n) is 4.88. The lowest BCUT2D eigenvalue weighted by Crippen LogP contribution is -2.30. The number of ether oxygens (including phenoxy) is 1. The zero-order chi connectivity index (χ0) is 15.4. The highest BCUT2D eigenvalue weighted by atomic mass is 19.1. The number of hydrogen-bond donors (Lipinski definition) is 2. The SMILES string of the molecule is COc1cccc(CC(NN)c2cc(C)nnc2C)c1F. The average Bonchev–Trinajstić information content (AvgIpc) is 2.49. The van der Waals surface area contributed by atoms with Crippen LogP contribution in [-0.2, 0) is 6.42 Å². The first-order valence-electron chi connectivity index (χ1n) is 6.65. The number of hydrogen-bond acceptors (Lipinski definition) is 5. The van der Waals surface area contributed by atoms with Crippen molar-refractivity contribution in [2.24, 2.45) is 5.84 Å². The summed E-state index contributed by atoms with van der Waals surface area (Å²) in [4.78, 5) is 0. The number of halogens is 1. The highest BCUT2D eigenvalue weighted by Gasteiger charge is 2.18. The van der Waals surface area contributed by atoms with Crippen molar-refractivity contribution < 1.29 is 9.13 Å². The quantitative estimate of drug-likeness (QED) is 0.651. The molecule has 1 atom stereocenters. The van der Waals surface area contributed by atoms with Crippen LogP contribution in [0.25, 0.3) is 0 Å². The third-order valence-electron chi connectivity index (χ3n) is 3.40. The second-order valence-corrected chi connectivity index (χ2v) is 4.88. The summed E-state index contributed by atoms with van der Waals surface area (Å²) in [6.07, 6.45) is 0.394. The Labute approximate surface area is 123 Å². The number of benzene rings is 1. The van der Waals surface area contributed by atoms with Gasteiger partial charge >= 0.3 is 0 Å². The molecular formula is C15H19FN4O. The maximum absolute atomic E-state index is 14.2. The normalized spacial score (nSPS) is 12.2. The summed E-state index contributed by atoms with van der Waals surface area (Å²) in [5, 5.41) is 8.08. The van der Waals surface area contributed by atoms with E-state index >= 15 is 0 Å². The first-order valence-corrected chi connectivity index (χ1v) is 6.65. The van der Waals surface area contributed by atoms with Gasteiger partial charge in [0.1, 0.15) is 0 Å². The lowest BCUT2D eigenvalue weighted by molar-refractivity contribution is 0.382. The summed E-state index contributed by atoms with van der Waals surface area (Å²) in [6, 6.07) is 6.73. The van der Waals surface area contributed by atoms with Crippen LogP contribution < -0.4 is 16.0 Å². The Hall–Kier alpha value is -2.05. The summed E-state index contributed by atoms with van der Waals surface area (Å²) < 4.78 is 19.2. The van der Waals surface area contributed by atoms with Gasteiger partial charge in [0.05, 0.1) is 24.5 Å². The molecule has 0 spiro atoms. The minimum atomic E-state index is -0.364.